The maximum Gasteiger partial charge on any atom is 0.271 e. The second-order valence-corrected chi connectivity index (χ2v) is 7.43. The first kappa shape index (κ1) is 19.5. The van der Waals surface area contributed by atoms with Crippen molar-refractivity contribution in [1.82, 2.24) is 16.3 Å². The van der Waals surface area contributed by atoms with Crippen molar-refractivity contribution >= 4 is 29.1 Å². The van der Waals surface area contributed by atoms with E-state index in [4.69, 9.17) is 28.1 Å². The number of hydroxylamine groups is 2. The molecule has 142 valence electrons. The largest absolute Gasteiger partial charge is 0.348 e. The molecular weight excluding hydrogens is 385 g/mol. The van der Waals surface area contributed by atoms with E-state index in [9.17, 15) is 4.79 Å². The van der Waals surface area contributed by atoms with Crippen LogP contribution in [0.4, 0.5) is 0 Å². The Labute approximate surface area is 168 Å². The lowest BCUT2D eigenvalue weighted by molar-refractivity contribution is -0.119. The molecule has 27 heavy (non-hydrogen) atoms. The third kappa shape index (κ3) is 4.95. The van der Waals surface area contributed by atoms with Crippen LogP contribution < -0.4 is 16.3 Å². The van der Waals surface area contributed by atoms with E-state index in [1.807, 2.05) is 55.5 Å². The monoisotopic (exact) mass is 405 g/mol. The second kappa shape index (κ2) is 8.65. The van der Waals surface area contributed by atoms with Gasteiger partial charge in [-0.3, -0.25) is 4.79 Å². The Bertz CT molecular complexity index is 835. The van der Waals surface area contributed by atoms with Crippen LogP contribution in [0.2, 0.25) is 10.0 Å². The molecule has 0 saturated heterocycles. The van der Waals surface area contributed by atoms with Crippen LogP contribution in [0.15, 0.2) is 59.9 Å². The van der Waals surface area contributed by atoms with Crippen molar-refractivity contribution in [2.24, 2.45) is 0 Å². The van der Waals surface area contributed by atoms with Crippen LogP contribution in [0, 0.1) is 0 Å². The maximum absolute atomic E-state index is 12.6. The lowest BCUT2D eigenvalue weighted by Crippen LogP contribution is -2.40. The summed E-state index contributed by atoms with van der Waals surface area (Å²) in [5.41, 5.74) is 8.45. The third-order valence-corrected chi connectivity index (χ3v) is 5.09. The van der Waals surface area contributed by atoms with Crippen LogP contribution in [0.5, 0.6) is 0 Å². The number of amides is 1. The summed E-state index contributed by atoms with van der Waals surface area (Å²) in [7, 11) is 0. The number of carbonyl (C=O) groups excluding carboxylic acids is 1. The van der Waals surface area contributed by atoms with Gasteiger partial charge < -0.3 is 5.32 Å². The Morgan fingerprint density at radius 3 is 2.19 bits per heavy atom. The van der Waals surface area contributed by atoms with Crippen LogP contribution in [0.25, 0.3) is 0 Å². The molecule has 2 aromatic carbocycles. The standard InChI is InChI=1S/C20H21Cl2N3O2/c1-12(23-20(26)19-13(2)24-27-25-19)18(15-5-9-17(22)10-6-15)11-14-3-7-16(21)8-4-14/h3-10,12,18,24-25H,11H2,1-2H3,(H,23,26)/t12-,18+/m1/s1. The van der Waals surface area contributed by atoms with Crippen LogP contribution in [-0.4, -0.2) is 11.9 Å². The van der Waals surface area contributed by atoms with Gasteiger partial charge in [-0.05, 0) is 55.7 Å². The molecule has 0 spiro atoms. The Hall–Kier alpha value is -2.21. The van der Waals surface area contributed by atoms with E-state index in [0.29, 0.717) is 21.4 Å². The van der Waals surface area contributed by atoms with Gasteiger partial charge in [0.25, 0.3) is 5.91 Å². The van der Waals surface area contributed by atoms with E-state index in [1.165, 1.54) is 0 Å². The summed E-state index contributed by atoms with van der Waals surface area (Å²) in [6.07, 6.45) is 0.750. The molecule has 0 bridgehead atoms. The highest BCUT2D eigenvalue weighted by Crippen LogP contribution is 2.27. The summed E-state index contributed by atoms with van der Waals surface area (Å²) in [5, 5.41) is 4.44. The van der Waals surface area contributed by atoms with E-state index in [1.54, 1.807) is 6.92 Å². The van der Waals surface area contributed by atoms with E-state index in [2.05, 4.69) is 16.3 Å². The molecule has 1 heterocycles. The Morgan fingerprint density at radius 2 is 1.63 bits per heavy atom. The lowest BCUT2D eigenvalue weighted by atomic mass is 9.86. The van der Waals surface area contributed by atoms with E-state index >= 15 is 0 Å². The minimum atomic E-state index is -0.222. The van der Waals surface area contributed by atoms with E-state index in [0.717, 1.165) is 17.5 Å². The van der Waals surface area contributed by atoms with Gasteiger partial charge in [0, 0.05) is 22.0 Å². The zero-order valence-electron chi connectivity index (χ0n) is 15.1. The minimum Gasteiger partial charge on any atom is -0.348 e. The van der Waals surface area contributed by atoms with Gasteiger partial charge in [0.1, 0.15) is 5.70 Å². The molecule has 0 aromatic heterocycles. The Balaban J connectivity index is 1.81. The molecule has 3 N–H and O–H groups in total. The number of hydrogen-bond donors (Lipinski definition) is 3. The van der Waals surface area contributed by atoms with Crippen LogP contribution in [0.1, 0.15) is 30.9 Å². The molecule has 0 unspecified atom stereocenters. The van der Waals surface area contributed by atoms with Crippen molar-refractivity contribution in [3.8, 4) is 0 Å². The predicted molar refractivity (Wildman–Crippen MR) is 107 cm³/mol. The number of benzene rings is 2. The number of carbonyl (C=O) groups is 1. The Kier molecular flexibility index (Phi) is 6.26. The summed E-state index contributed by atoms with van der Waals surface area (Å²) in [6.45, 7) is 3.76. The summed E-state index contributed by atoms with van der Waals surface area (Å²) >= 11 is 12.0. The molecule has 2 aromatic rings. The topological polar surface area (TPSA) is 62.4 Å². The number of halogens is 2. The molecule has 0 fully saturated rings. The summed E-state index contributed by atoms with van der Waals surface area (Å²) in [4.78, 5) is 17.4. The molecule has 0 aliphatic carbocycles. The average molecular weight is 406 g/mol. The number of rotatable bonds is 6. The van der Waals surface area contributed by atoms with Gasteiger partial charge in [0.15, 0.2) is 0 Å². The summed E-state index contributed by atoms with van der Waals surface area (Å²) < 4.78 is 0. The quantitative estimate of drug-likeness (QED) is 0.676. The van der Waals surface area contributed by atoms with Crippen LogP contribution >= 0.6 is 23.2 Å². The summed E-state index contributed by atoms with van der Waals surface area (Å²) in [6, 6.07) is 15.3. The molecule has 5 nitrogen and oxygen atoms in total. The minimum absolute atomic E-state index is 0.0589. The van der Waals surface area contributed by atoms with Gasteiger partial charge in [-0.2, -0.15) is 4.94 Å². The first-order chi connectivity index (χ1) is 12.9. The second-order valence-electron chi connectivity index (χ2n) is 6.56. The molecule has 2 atom stereocenters. The first-order valence-electron chi connectivity index (χ1n) is 8.63. The summed E-state index contributed by atoms with van der Waals surface area (Å²) in [5.74, 6) is -0.163. The molecule has 0 saturated carbocycles. The average Bonchev–Trinajstić information content (AvgIpc) is 3.08. The highest BCUT2D eigenvalue weighted by atomic mass is 35.5. The predicted octanol–water partition coefficient (Wildman–Crippen LogP) is 4.10. The SMILES string of the molecule is CC1=C(C(=O)N[C@H](C)[C@H](Cc2ccc(Cl)cc2)c2ccc(Cl)cc2)NON1. The van der Waals surface area contributed by atoms with Crippen molar-refractivity contribution < 1.29 is 9.73 Å². The molecule has 1 aliphatic heterocycles. The van der Waals surface area contributed by atoms with Crippen LogP contribution in [-0.2, 0) is 16.2 Å². The molecule has 7 heteroatoms. The molecule has 1 aliphatic rings. The highest BCUT2D eigenvalue weighted by molar-refractivity contribution is 6.30. The zero-order valence-corrected chi connectivity index (χ0v) is 16.6. The lowest BCUT2D eigenvalue weighted by Gasteiger charge is -2.26. The third-order valence-electron chi connectivity index (χ3n) is 4.59. The molecule has 3 rings (SSSR count). The van der Waals surface area contributed by atoms with Gasteiger partial charge in [-0.25, -0.2) is 11.0 Å². The van der Waals surface area contributed by atoms with Gasteiger partial charge >= 0.3 is 0 Å². The molecule has 0 radical (unpaired) electrons. The van der Waals surface area contributed by atoms with E-state index in [-0.39, 0.29) is 17.9 Å². The molecular formula is C20H21Cl2N3O2. The Morgan fingerprint density at radius 1 is 1.04 bits per heavy atom. The van der Waals surface area contributed by atoms with Crippen molar-refractivity contribution in [1.29, 1.82) is 0 Å². The van der Waals surface area contributed by atoms with Gasteiger partial charge in [-0.1, -0.05) is 47.5 Å². The zero-order chi connectivity index (χ0) is 19.4. The maximum atomic E-state index is 12.6. The van der Waals surface area contributed by atoms with Gasteiger partial charge in [-0.15, -0.1) is 0 Å². The smallest absolute Gasteiger partial charge is 0.271 e. The fraction of sp³-hybridized carbons (Fsp3) is 0.250. The fourth-order valence-corrected chi connectivity index (χ4v) is 3.30. The fourth-order valence-electron chi connectivity index (χ4n) is 3.04. The number of allylic oxidation sites excluding steroid dienone is 1. The van der Waals surface area contributed by atoms with Gasteiger partial charge in [0.05, 0.1) is 5.70 Å². The van der Waals surface area contributed by atoms with Crippen molar-refractivity contribution in [2.45, 2.75) is 32.2 Å². The first-order valence-corrected chi connectivity index (χ1v) is 9.39. The highest BCUT2D eigenvalue weighted by Gasteiger charge is 2.25. The number of hydrogen-bond acceptors (Lipinski definition) is 4. The van der Waals surface area contributed by atoms with Crippen molar-refractivity contribution in [3.63, 3.8) is 0 Å². The van der Waals surface area contributed by atoms with Crippen molar-refractivity contribution in [3.05, 3.63) is 81.1 Å². The van der Waals surface area contributed by atoms with E-state index < -0.39 is 0 Å². The van der Waals surface area contributed by atoms with Gasteiger partial charge in [0.2, 0.25) is 0 Å². The van der Waals surface area contributed by atoms with Crippen molar-refractivity contribution in [2.75, 3.05) is 0 Å². The van der Waals surface area contributed by atoms with Crippen LogP contribution in [0.3, 0.4) is 0 Å². The number of nitrogens with one attached hydrogen (secondary N) is 3. The normalized spacial score (nSPS) is 15.7. The molecule has 1 amide bonds.